The molecule has 3 aromatic carbocycles. The van der Waals surface area contributed by atoms with Gasteiger partial charge in [0, 0.05) is 41.8 Å². The smallest absolute Gasteiger partial charge is 0.253 e. The number of aromatic amines is 1. The number of carbonyl (C=O) groups is 2. The van der Waals surface area contributed by atoms with Crippen molar-refractivity contribution in [2.45, 2.75) is 0 Å². The van der Waals surface area contributed by atoms with E-state index in [2.05, 4.69) is 26.1 Å². The van der Waals surface area contributed by atoms with Gasteiger partial charge in [-0.1, -0.05) is 40.2 Å². The fraction of sp³-hybridized carbons (Fsp3) is 0.160. The average molecular weight is 504 g/mol. The highest BCUT2D eigenvalue weighted by molar-refractivity contribution is 9.10. The van der Waals surface area contributed by atoms with Crippen LogP contribution < -0.4 is 5.73 Å². The van der Waals surface area contributed by atoms with Gasteiger partial charge in [0.15, 0.2) is 5.82 Å². The van der Waals surface area contributed by atoms with Crippen molar-refractivity contribution >= 4 is 44.5 Å². The molecule has 2 heterocycles. The number of nitrogens with one attached hydrogen (secondary N) is 1. The van der Waals surface area contributed by atoms with E-state index in [4.69, 9.17) is 5.73 Å². The number of anilines is 1. The number of halogens is 1. The van der Waals surface area contributed by atoms with Gasteiger partial charge in [-0.3, -0.25) is 14.7 Å². The van der Waals surface area contributed by atoms with Crippen molar-refractivity contribution in [2.24, 2.45) is 0 Å². The quantitative estimate of drug-likeness (QED) is 0.438. The van der Waals surface area contributed by atoms with Crippen LogP contribution >= 0.6 is 15.9 Å². The van der Waals surface area contributed by atoms with Crippen LogP contribution in [0.5, 0.6) is 0 Å². The summed E-state index contributed by atoms with van der Waals surface area (Å²) in [5.41, 5.74) is 10.1. The molecule has 33 heavy (non-hydrogen) atoms. The van der Waals surface area contributed by atoms with Crippen LogP contribution in [0.1, 0.15) is 20.7 Å². The number of amides is 2. The second-order valence-corrected chi connectivity index (χ2v) is 8.92. The zero-order valence-electron chi connectivity index (χ0n) is 17.8. The first-order chi connectivity index (χ1) is 16.0. The van der Waals surface area contributed by atoms with E-state index in [1.807, 2.05) is 66.7 Å². The van der Waals surface area contributed by atoms with Gasteiger partial charge in [0.05, 0.1) is 10.9 Å². The first kappa shape index (κ1) is 21.2. The number of rotatable bonds is 3. The van der Waals surface area contributed by atoms with Crippen LogP contribution in [0, 0.1) is 0 Å². The largest absolute Gasteiger partial charge is 0.382 e. The van der Waals surface area contributed by atoms with Gasteiger partial charge in [0.2, 0.25) is 0 Å². The molecular formula is C25H22BrN5O2. The van der Waals surface area contributed by atoms with E-state index in [1.54, 1.807) is 9.80 Å². The normalized spacial score (nSPS) is 14.0. The standard InChI is InChI=1S/C25H22BrN5O2/c26-19-10-8-18(9-11-19)25(33)31-14-12-30(13-15-31)24(32)17-6-4-16(5-7-17)20-2-1-3-21-22(20)23(27)29-28-21/h1-11H,12-15H2,(H3,27,28,29). The molecule has 0 unspecified atom stereocenters. The fourth-order valence-electron chi connectivity index (χ4n) is 4.20. The Balaban J connectivity index is 1.26. The lowest BCUT2D eigenvalue weighted by molar-refractivity contribution is 0.0535. The molecule has 0 bridgehead atoms. The molecule has 0 aliphatic carbocycles. The summed E-state index contributed by atoms with van der Waals surface area (Å²) < 4.78 is 0.936. The summed E-state index contributed by atoms with van der Waals surface area (Å²) in [6, 6.07) is 20.8. The van der Waals surface area contributed by atoms with Crippen LogP contribution in [0.2, 0.25) is 0 Å². The zero-order valence-corrected chi connectivity index (χ0v) is 19.4. The van der Waals surface area contributed by atoms with Crippen molar-refractivity contribution in [3.8, 4) is 11.1 Å². The Labute approximate surface area is 199 Å². The summed E-state index contributed by atoms with van der Waals surface area (Å²) in [6.07, 6.45) is 0. The molecule has 1 aromatic heterocycles. The Hall–Kier alpha value is -3.65. The highest BCUT2D eigenvalue weighted by Crippen LogP contribution is 2.31. The van der Waals surface area contributed by atoms with Gasteiger partial charge in [-0.2, -0.15) is 5.10 Å². The highest BCUT2D eigenvalue weighted by Gasteiger charge is 2.25. The van der Waals surface area contributed by atoms with Crippen LogP contribution in [0.3, 0.4) is 0 Å². The van der Waals surface area contributed by atoms with Gasteiger partial charge in [0.25, 0.3) is 11.8 Å². The molecule has 1 fully saturated rings. The number of carbonyl (C=O) groups excluding carboxylic acids is 2. The van der Waals surface area contributed by atoms with E-state index in [0.29, 0.717) is 43.1 Å². The first-order valence-electron chi connectivity index (χ1n) is 10.7. The molecule has 0 radical (unpaired) electrons. The summed E-state index contributed by atoms with van der Waals surface area (Å²) in [6.45, 7) is 2.04. The third-order valence-electron chi connectivity index (χ3n) is 6.01. The summed E-state index contributed by atoms with van der Waals surface area (Å²) in [4.78, 5) is 29.4. The molecule has 0 saturated carbocycles. The van der Waals surface area contributed by atoms with Gasteiger partial charge in [-0.25, -0.2) is 0 Å². The Morgan fingerprint density at radius 3 is 1.94 bits per heavy atom. The molecule has 4 aromatic rings. The fourth-order valence-corrected chi connectivity index (χ4v) is 4.47. The number of nitrogen functional groups attached to an aromatic ring is 1. The molecule has 1 aliphatic rings. The Morgan fingerprint density at radius 2 is 1.36 bits per heavy atom. The molecule has 7 nitrogen and oxygen atoms in total. The van der Waals surface area contributed by atoms with Crippen LogP contribution in [-0.4, -0.2) is 58.0 Å². The zero-order chi connectivity index (χ0) is 22.9. The summed E-state index contributed by atoms with van der Waals surface area (Å²) >= 11 is 3.39. The molecule has 0 atom stereocenters. The minimum Gasteiger partial charge on any atom is -0.382 e. The predicted octanol–water partition coefficient (Wildman–Crippen LogP) is 4.17. The minimum absolute atomic E-state index is 0.00773. The molecule has 8 heteroatoms. The number of nitrogens with zero attached hydrogens (tertiary/aromatic N) is 3. The Morgan fingerprint density at radius 1 is 0.818 bits per heavy atom. The number of hydrogen-bond acceptors (Lipinski definition) is 4. The van der Waals surface area contributed by atoms with Gasteiger partial charge < -0.3 is 15.5 Å². The SMILES string of the molecule is Nc1n[nH]c2cccc(-c3ccc(C(=O)N4CCN(C(=O)c5ccc(Br)cc5)CC4)cc3)c12. The van der Waals surface area contributed by atoms with Gasteiger partial charge in [-0.15, -0.1) is 0 Å². The predicted molar refractivity (Wildman–Crippen MR) is 132 cm³/mol. The summed E-state index contributed by atoms with van der Waals surface area (Å²) in [5.74, 6) is 0.418. The second kappa shape index (κ2) is 8.71. The van der Waals surface area contributed by atoms with E-state index in [9.17, 15) is 9.59 Å². The van der Waals surface area contributed by atoms with E-state index in [-0.39, 0.29) is 11.8 Å². The first-order valence-corrected chi connectivity index (χ1v) is 11.5. The monoisotopic (exact) mass is 503 g/mol. The van der Waals surface area contributed by atoms with Crippen LogP contribution in [0.4, 0.5) is 5.82 Å². The number of aromatic nitrogens is 2. The molecule has 1 aliphatic heterocycles. The average Bonchev–Trinajstić information content (AvgIpc) is 3.25. The molecule has 0 spiro atoms. The highest BCUT2D eigenvalue weighted by atomic mass is 79.9. The van der Waals surface area contributed by atoms with Crippen molar-refractivity contribution in [1.29, 1.82) is 0 Å². The number of H-pyrrole nitrogens is 1. The lowest BCUT2D eigenvalue weighted by atomic mass is 10.00. The topological polar surface area (TPSA) is 95.3 Å². The van der Waals surface area contributed by atoms with Crippen LogP contribution in [0.25, 0.3) is 22.0 Å². The van der Waals surface area contributed by atoms with E-state index < -0.39 is 0 Å². The third-order valence-corrected chi connectivity index (χ3v) is 6.53. The van der Waals surface area contributed by atoms with Gasteiger partial charge in [0.1, 0.15) is 0 Å². The van der Waals surface area contributed by atoms with Crippen molar-refractivity contribution < 1.29 is 9.59 Å². The number of nitrogens with two attached hydrogens (primary N) is 1. The maximum Gasteiger partial charge on any atom is 0.253 e. The Kier molecular flexibility index (Phi) is 5.60. The lowest BCUT2D eigenvalue weighted by Gasteiger charge is -2.35. The summed E-state index contributed by atoms with van der Waals surface area (Å²) in [7, 11) is 0. The molecule has 166 valence electrons. The molecule has 5 rings (SSSR count). The molecule has 3 N–H and O–H groups in total. The molecule has 2 amide bonds. The maximum absolute atomic E-state index is 13.0. The van der Waals surface area contributed by atoms with Crippen molar-refractivity contribution in [1.82, 2.24) is 20.0 Å². The minimum atomic E-state index is -0.0293. The number of hydrogen-bond donors (Lipinski definition) is 2. The summed E-state index contributed by atoms with van der Waals surface area (Å²) in [5, 5.41) is 7.90. The number of fused-ring (bicyclic) bond motifs is 1. The number of benzene rings is 3. The van der Waals surface area contributed by atoms with Crippen molar-refractivity contribution in [2.75, 3.05) is 31.9 Å². The van der Waals surface area contributed by atoms with E-state index in [0.717, 1.165) is 26.5 Å². The van der Waals surface area contributed by atoms with Crippen LogP contribution in [0.15, 0.2) is 71.2 Å². The van der Waals surface area contributed by atoms with Crippen molar-refractivity contribution in [3.05, 3.63) is 82.3 Å². The third kappa shape index (κ3) is 4.09. The van der Waals surface area contributed by atoms with Gasteiger partial charge >= 0.3 is 0 Å². The second-order valence-electron chi connectivity index (χ2n) is 8.01. The maximum atomic E-state index is 13.0. The van der Waals surface area contributed by atoms with E-state index in [1.165, 1.54) is 0 Å². The van der Waals surface area contributed by atoms with E-state index >= 15 is 0 Å². The number of piperazine rings is 1. The lowest BCUT2D eigenvalue weighted by Crippen LogP contribution is -2.50. The Bertz CT molecular complexity index is 1320. The molecular weight excluding hydrogens is 482 g/mol. The van der Waals surface area contributed by atoms with Crippen molar-refractivity contribution in [3.63, 3.8) is 0 Å². The molecule has 1 saturated heterocycles. The van der Waals surface area contributed by atoms with Crippen LogP contribution in [-0.2, 0) is 0 Å². The van der Waals surface area contributed by atoms with Gasteiger partial charge in [-0.05, 0) is 53.6 Å².